The van der Waals surface area contributed by atoms with Gasteiger partial charge in [0, 0.05) is 39.0 Å². The number of rotatable bonds is 13. The van der Waals surface area contributed by atoms with Gasteiger partial charge < -0.3 is 27.6 Å². The Balaban J connectivity index is 5.03. The standard InChI is InChI=1S/C12H31NO5Si2/c1-6-14-19(5,15-7-2)18-20(16-8-3,17-9-4)12-10-11-13/h6-13H2,1-5H3. The smallest absolute Gasteiger partial charge is 0.374 e. The monoisotopic (exact) mass is 325 g/mol. The molecule has 0 radical (unpaired) electrons. The van der Waals surface area contributed by atoms with E-state index in [1.165, 1.54) is 0 Å². The molecule has 6 nitrogen and oxygen atoms in total. The zero-order chi connectivity index (χ0) is 15.5. The lowest BCUT2D eigenvalue weighted by molar-refractivity contribution is 0.0534. The lowest BCUT2D eigenvalue weighted by Crippen LogP contribution is -2.57. The molecule has 0 atom stereocenters. The van der Waals surface area contributed by atoms with Crippen molar-refractivity contribution in [3.8, 4) is 0 Å². The molecule has 0 saturated heterocycles. The van der Waals surface area contributed by atoms with E-state index in [9.17, 15) is 0 Å². The first-order valence-corrected chi connectivity index (χ1v) is 11.6. The van der Waals surface area contributed by atoms with E-state index < -0.39 is 17.6 Å². The summed E-state index contributed by atoms with van der Waals surface area (Å²) in [5, 5.41) is 0. The highest BCUT2D eigenvalue weighted by molar-refractivity contribution is 6.74. The van der Waals surface area contributed by atoms with E-state index in [2.05, 4.69) is 0 Å². The third-order valence-electron chi connectivity index (χ3n) is 2.57. The van der Waals surface area contributed by atoms with E-state index in [4.69, 9.17) is 27.6 Å². The predicted molar refractivity (Wildman–Crippen MR) is 83.4 cm³/mol. The zero-order valence-electron chi connectivity index (χ0n) is 13.6. The number of hydrogen-bond acceptors (Lipinski definition) is 6. The van der Waals surface area contributed by atoms with Gasteiger partial charge in [-0.15, -0.1) is 0 Å². The van der Waals surface area contributed by atoms with Crippen LogP contribution in [0.4, 0.5) is 0 Å². The van der Waals surface area contributed by atoms with Crippen LogP contribution in [0.15, 0.2) is 0 Å². The molecule has 20 heavy (non-hydrogen) atoms. The van der Waals surface area contributed by atoms with Crippen molar-refractivity contribution in [2.75, 3.05) is 33.0 Å². The molecule has 0 rings (SSSR count). The van der Waals surface area contributed by atoms with Crippen molar-refractivity contribution in [3.05, 3.63) is 0 Å². The van der Waals surface area contributed by atoms with Gasteiger partial charge in [0.1, 0.15) is 0 Å². The maximum atomic E-state index is 6.22. The molecule has 0 spiro atoms. The Morgan fingerprint density at radius 3 is 1.60 bits per heavy atom. The van der Waals surface area contributed by atoms with Gasteiger partial charge in [0.2, 0.25) is 0 Å². The molecule has 0 aliphatic rings. The van der Waals surface area contributed by atoms with Crippen LogP contribution in [0.5, 0.6) is 0 Å². The van der Waals surface area contributed by atoms with Crippen molar-refractivity contribution in [2.45, 2.75) is 46.7 Å². The van der Waals surface area contributed by atoms with Crippen LogP contribution in [0.25, 0.3) is 0 Å². The fourth-order valence-corrected chi connectivity index (χ4v) is 8.59. The van der Waals surface area contributed by atoms with Crippen LogP contribution in [0.2, 0.25) is 12.6 Å². The van der Waals surface area contributed by atoms with E-state index in [-0.39, 0.29) is 0 Å². The van der Waals surface area contributed by atoms with Crippen LogP contribution in [-0.4, -0.2) is 50.6 Å². The molecular weight excluding hydrogens is 294 g/mol. The Labute approximate surface area is 125 Å². The molecule has 122 valence electrons. The van der Waals surface area contributed by atoms with Gasteiger partial charge in [0.05, 0.1) is 0 Å². The lowest BCUT2D eigenvalue weighted by atomic mass is 10.5. The third-order valence-corrected chi connectivity index (χ3v) is 9.35. The van der Waals surface area contributed by atoms with E-state index in [1.54, 1.807) is 0 Å². The minimum atomic E-state index is -2.79. The van der Waals surface area contributed by atoms with E-state index in [1.807, 2.05) is 34.2 Å². The van der Waals surface area contributed by atoms with Gasteiger partial charge in [0.25, 0.3) is 0 Å². The Hall–Kier alpha value is 0.194. The summed E-state index contributed by atoms with van der Waals surface area (Å²) >= 11 is 0. The molecule has 0 saturated carbocycles. The highest BCUT2D eigenvalue weighted by atomic mass is 28.5. The highest BCUT2D eigenvalue weighted by Gasteiger charge is 2.50. The minimum absolute atomic E-state index is 0.541. The van der Waals surface area contributed by atoms with Crippen LogP contribution in [0, 0.1) is 0 Å². The van der Waals surface area contributed by atoms with Crippen molar-refractivity contribution in [1.29, 1.82) is 0 Å². The molecule has 0 aliphatic heterocycles. The van der Waals surface area contributed by atoms with Crippen molar-refractivity contribution >= 4 is 17.6 Å². The molecule has 0 aromatic rings. The quantitative estimate of drug-likeness (QED) is 0.522. The average Bonchev–Trinajstić information content (AvgIpc) is 2.37. The number of hydrogen-bond donors (Lipinski definition) is 1. The molecule has 0 aromatic carbocycles. The molecule has 0 aromatic heterocycles. The van der Waals surface area contributed by atoms with Crippen LogP contribution in [0.3, 0.4) is 0 Å². The summed E-state index contributed by atoms with van der Waals surface area (Å²) in [4.78, 5) is 0. The van der Waals surface area contributed by atoms with Gasteiger partial charge in [-0.1, -0.05) is 0 Å². The number of nitrogens with two attached hydrogens (primary N) is 1. The van der Waals surface area contributed by atoms with E-state index in [0.717, 1.165) is 6.42 Å². The molecule has 0 bridgehead atoms. The molecule has 0 amide bonds. The van der Waals surface area contributed by atoms with Crippen LogP contribution >= 0.6 is 0 Å². The second-order valence-electron chi connectivity index (χ2n) is 4.27. The summed E-state index contributed by atoms with van der Waals surface area (Å²) in [6.45, 7) is 12.4. The normalized spacial score (nSPS) is 12.9. The maximum absolute atomic E-state index is 6.22. The summed E-state index contributed by atoms with van der Waals surface area (Å²) in [7, 11) is -5.53. The molecule has 0 heterocycles. The largest absolute Gasteiger partial charge is 0.493 e. The van der Waals surface area contributed by atoms with Gasteiger partial charge in [0.15, 0.2) is 0 Å². The fraction of sp³-hybridized carbons (Fsp3) is 1.00. The van der Waals surface area contributed by atoms with Crippen molar-refractivity contribution < 1.29 is 21.8 Å². The van der Waals surface area contributed by atoms with Gasteiger partial charge >= 0.3 is 17.6 Å². The van der Waals surface area contributed by atoms with Crippen LogP contribution in [0.1, 0.15) is 34.1 Å². The van der Waals surface area contributed by atoms with Crippen LogP contribution < -0.4 is 5.73 Å². The topological polar surface area (TPSA) is 72.2 Å². The predicted octanol–water partition coefficient (Wildman–Crippen LogP) is 2.01. The van der Waals surface area contributed by atoms with E-state index >= 15 is 0 Å². The summed E-state index contributed by atoms with van der Waals surface area (Å²) in [6, 6.07) is 0.688. The Bertz CT molecular complexity index is 234. The second kappa shape index (κ2) is 10.9. The van der Waals surface area contributed by atoms with Crippen molar-refractivity contribution in [2.24, 2.45) is 5.73 Å². The molecule has 2 N–H and O–H groups in total. The van der Waals surface area contributed by atoms with Crippen LogP contribution in [-0.2, 0) is 21.8 Å². The first-order chi connectivity index (χ1) is 9.51. The fourth-order valence-electron chi connectivity index (χ4n) is 1.96. The van der Waals surface area contributed by atoms with E-state index in [0.29, 0.717) is 39.0 Å². The van der Waals surface area contributed by atoms with Crippen molar-refractivity contribution in [1.82, 2.24) is 0 Å². The van der Waals surface area contributed by atoms with Gasteiger partial charge in [-0.25, -0.2) is 0 Å². The zero-order valence-corrected chi connectivity index (χ0v) is 15.6. The van der Waals surface area contributed by atoms with Gasteiger partial charge in [-0.2, -0.15) is 0 Å². The highest BCUT2D eigenvalue weighted by Crippen LogP contribution is 2.24. The SMILES string of the molecule is CCO[Si](C)(OCC)O[Si](CCCN)(OCC)OCC. The lowest BCUT2D eigenvalue weighted by Gasteiger charge is -2.36. The average molecular weight is 326 g/mol. The maximum Gasteiger partial charge on any atom is 0.493 e. The third kappa shape index (κ3) is 7.27. The summed E-state index contributed by atoms with van der Waals surface area (Å²) in [6.07, 6.45) is 0.801. The first kappa shape index (κ1) is 20.2. The summed E-state index contributed by atoms with van der Waals surface area (Å²) < 4.78 is 29.4. The molecular formula is C12H31NO5Si2. The first-order valence-electron chi connectivity index (χ1n) is 7.47. The second-order valence-corrected chi connectivity index (χ2v) is 9.83. The summed E-state index contributed by atoms with van der Waals surface area (Å²) in [5.41, 5.74) is 5.61. The Kier molecular flexibility index (Phi) is 11.0. The van der Waals surface area contributed by atoms with Gasteiger partial charge in [-0.3, -0.25) is 0 Å². The Morgan fingerprint density at radius 2 is 1.25 bits per heavy atom. The van der Waals surface area contributed by atoms with Crippen molar-refractivity contribution in [3.63, 3.8) is 0 Å². The minimum Gasteiger partial charge on any atom is -0.374 e. The Morgan fingerprint density at radius 1 is 0.800 bits per heavy atom. The summed E-state index contributed by atoms with van der Waals surface area (Å²) in [5.74, 6) is 0. The molecule has 0 fully saturated rings. The molecule has 0 unspecified atom stereocenters. The van der Waals surface area contributed by atoms with Gasteiger partial charge in [-0.05, 0) is 40.7 Å². The molecule has 8 heteroatoms. The molecule has 0 aliphatic carbocycles.